The number of methoxy groups -OCH3 is 1. The molecule has 0 saturated heterocycles. The topological polar surface area (TPSA) is 33.6 Å². The van der Waals surface area contributed by atoms with E-state index in [1.165, 1.54) is 27.3 Å². The van der Waals surface area contributed by atoms with Crippen LogP contribution in [0.5, 0.6) is 5.75 Å². The molecule has 1 aliphatic rings. The van der Waals surface area contributed by atoms with Crippen LogP contribution in [0.2, 0.25) is 0 Å². The van der Waals surface area contributed by atoms with Crippen LogP contribution in [0.15, 0.2) is 47.5 Å². The van der Waals surface area contributed by atoms with Gasteiger partial charge in [0.05, 0.1) is 23.9 Å². The highest BCUT2D eigenvalue weighted by atomic mass is 32.9. The van der Waals surface area contributed by atoms with Crippen LogP contribution in [0.3, 0.4) is 0 Å². The fourth-order valence-corrected chi connectivity index (χ4v) is 5.67. The Morgan fingerprint density at radius 1 is 1.08 bits per heavy atom. The summed E-state index contributed by atoms with van der Waals surface area (Å²) < 4.78 is 6.36. The maximum absolute atomic E-state index is 5.32. The van der Waals surface area contributed by atoms with Gasteiger partial charge >= 0.3 is 0 Å². The molecule has 0 unspecified atom stereocenters. The van der Waals surface area contributed by atoms with Gasteiger partial charge in [-0.3, -0.25) is 0 Å². The minimum Gasteiger partial charge on any atom is -0.497 e. The van der Waals surface area contributed by atoms with Gasteiger partial charge in [-0.2, -0.15) is 0 Å². The maximum atomic E-state index is 5.32. The SMILES string of the molecule is COc1cccc(N=c2ssc3c2-c2ccc(C)cc2C(C)(C)N3)c1. The van der Waals surface area contributed by atoms with Crippen LogP contribution < -0.4 is 14.7 Å². The summed E-state index contributed by atoms with van der Waals surface area (Å²) in [5.74, 6) is 0.825. The first-order valence-electron chi connectivity index (χ1n) is 8.19. The van der Waals surface area contributed by atoms with Gasteiger partial charge in [0.1, 0.15) is 15.4 Å². The zero-order valence-corrected chi connectivity index (χ0v) is 16.3. The van der Waals surface area contributed by atoms with Gasteiger partial charge in [-0.1, -0.05) is 50.5 Å². The van der Waals surface area contributed by atoms with Crippen LogP contribution in [-0.2, 0) is 5.54 Å². The molecule has 2 heterocycles. The lowest BCUT2D eigenvalue weighted by atomic mass is 9.84. The normalized spacial score (nSPS) is 15.3. The maximum Gasteiger partial charge on any atom is 0.137 e. The van der Waals surface area contributed by atoms with E-state index < -0.39 is 0 Å². The van der Waals surface area contributed by atoms with Gasteiger partial charge in [-0.25, -0.2) is 4.99 Å². The van der Waals surface area contributed by atoms with E-state index in [9.17, 15) is 0 Å². The van der Waals surface area contributed by atoms with Crippen LogP contribution in [0.25, 0.3) is 11.1 Å². The van der Waals surface area contributed by atoms with Gasteiger partial charge in [0.15, 0.2) is 0 Å². The summed E-state index contributed by atoms with van der Waals surface area (Å²) in [6.07, 6.45) is 0. The first-order chi connectivity index (χ1) is 12.0. The fourth-order valence-electron chi connectivity index (χ4n) is 3.20. The number of hydrogen-bond acceptors (Lipinski definition) is 5. The van der Waals surface area contributed by atoms with Gasteiger partial charge in [0, 0.05) is 6.07 Å². The minimum atomic E-state index is -0.0842. The van der Waals surface area contributed by atoms with Crippen molar-refractivity contribution in [2.24, 2.45) is 4.99 Å². The van der Waals surface area contributed by atoms with Crippen molar-refractivity contribution in [3.8, 4) is 16.9 Å². The van der Waals surface area contributed by atoms with Crippen LogP contribution in [-0.4, -0.2) is 7.11 Å². The molecule has 1 aromatic heterocycles. The van der Waals surface area contributed by atoms with Crippen molar-refractivity contribution in [2.75, 3.05) is 12.4 Å². The number of aryl methyl sites for hydroxylation is 1. The van der Waals surface area contributed by atoms with Gasteiger partial charge < -0.3 is 10.1 Å². The average molecular weight is 369 g/mol. The Morgan fingerprint density at radius 3 is 2.72 bits per heavy atom. The van der Waals surface area contributed by atoms with Crippen LogP contribution >= 0.6 is 20.7 Å². The number of nitrogens with one attached hydrogen (secondary N) is 1. The molecule has 3 aromatic rings. The molecule has 1 N–H and O–H groups in total. The number of anilines is 1. The first-order valence-corrected chi connectivity index (χ1v) is 10.3. The van der Waals surface area contributed by atoms with Crippen molar-refractivity contribution < 1.29 is 4.74 Å². The fraction of sp³-hybridized carbons (Fsp3) is 0.250. The van der Waals surface area contributed by atoms with E-state index in [0.717, 1.165) is 16.1 Å². The Hall–Kier alpha value is -2.11. The minimum absolute atomic E-state index is 0.0842. The van der Waals surface area contributed by atoms with Crippen molar-refractivity contribution in [2.45, 2.75) is 26.3 Å². The van der Waals surface area contributed by atoms with Gasteiger partial charge in [-0.15, -0.1) is 0 Å². The van der Waals surface area contributed by atoms with Crippen LogP contribution in [0.4, 0.5) is 10.7 Å². The largest absolute Gasteiger partial charge is 0.497 e. The summed E-state index contributed by atoms with van der Waals surface area (Å²) in [6, 6.07) is 14.6. The second kappa shape index (κ2) is 6.00. The summed E-state index contributed by atoms with van der Waals surface area (Å²) in [5.41, 5.74) is 5.93. The lowest BCUT2D eigenvalue weighted by Crippen LogP contribution is -2.32. The standard InChI is InChI=1S/C20H20N2OS2/c1-12-8-9-15-16(10-12)20(2,3)22-19-17(15)18(24-25-19)21-13-6-5-7-14(11-13)23-4/h5-11,22H,1-4H3. The zero-order chi connectivity index (χ0) is 17.6. The Labute approximate surface area is 155 Å². The highest BCUT2D eigenvalue weighted by Crippen LogP contribution is 2.45. The molecular weight excluding hydrogens is 348 g/mol. The number of fused-ring (bicyclic) bond motifs is 3. The molecule has 0 aliphatic carbocycles. The quantitative estimate of drug-likeness (QED) is 0.590. The predicted octanol–water partition coefficient (Wildman–Crippen LogP) is 5.69. The second-order valence-electron chi connectivity index (χ2n) is 6.79. The lowest BCUT2D eigenvalue weighted by Gasteiger charge is -2.34. The third-order valence-electron chi connectivity index (χ3n) is 4.47. The molecule has 5 heteroatoms. The van der Waals surface area contributed by atoms with E-state index in [1.807, 2.05) is 24.3 Å². The molecule has 1 aliphatic heterocycles. The first kappa shape index (κ1) is 16.4. The summed E-state index contributed by atoms with van der Waals surface area (Å²) >= 11 is 0. The molecule has 4 rings (SSSR count). The van der Waals surface area contributed by atoms with Gasteiger partial charge in [0.25, 0.3) is 0 Å². The van der Waals surface area contributed by atoms with Crippen molar-refractivity contribution in [3.05, 3.63) is 58.3 Å². The van der Waals surface area contributed by atoms with E-state index in [1.54, 1.807) is 27.8 Å². The highest BCUT2D eigenvalue weighted by molar-refractivity contribution is 7.70. The molecule has 0 amide bonds. The predicted molar refractivity (Wildman–Crippen MR) is 107 cm³/mol. The highest BCUT2D eigenvalue weighted by Gasteiger charge is 2.32. The third-order valence-corrected chi connectivity index (χ3v) is 6.71. The van der Waals surface area contributed by atoms with Crippen LogP contribution in [0.1, 0.15) is 25.0 Å². The molecule has 0 bridgehead atoms. The molecular formula is C20H20N2OS2. The number of benzene rings is 2. The number of rotatable bonds is 2. The monoisotopic (exact) mass is 368 g/mol. The summed E-state index contributed by atoms with van der Waals surface area (Å²) in [4.78, 5) is 4.90. The van der Waals surface area contributed by atoms with Crippen molar-refractivity contribution >= 4 is 31.4 Å². The molecule has 0 atom stereocenters. The molecule has 0 spiro atoms. The molecule has 2 aromatic carbocycles. The molecule has 3 nitrogen and oxygen atoms in total. The number of nitrogens with zero attached hydrogens (tertiary/aromatic N) is 1. The van der Waals surface area contributed by atoms with Crippen molar-refractivity contribution in [3.63, 3.8) is 0 Å². The molecule has 0 radical (unpaired) electrons. The Bertz CT molecular complexity index is 1010. The average Bonchev–Trinajstić information content (AvgIpc) is 2.97. The van der Waals surface area contributed by atoms with E-state index in [-0.39, 0.29) is 5.54 Å². The van der Waals surface area contributed by atoms with Crippen molar-refractivity contribution in [1.82, 2.24) is 0 Å². The van der Waals surface area contributed by atoms with E-state index in [2.05, 4.69) is 44.3 Å². The van der Waals surface area contributed by atoms with E-state index in [0.29, 0.717) is 0 Å². The summed E-state index contributed by atoms with van der Waals surface area (Å²) in [6.45, 7) is 6.61. The summed E-state index contributed by atoms with van der Waals surface area (Å²) in [5, 5.41) is 4.89. The second-order valence-corrected chi connectivity index (χ2v) is 8.92. The Balaban J connectivity index is 1.92. The van der Waals surface area contributed by atoms with E-state index in [4.69, 9.17) is 9.73 Å². The lowest BCUT2D eigenvalue weighted by molar-refractivity contribution is 0.415. The molecule has 25 heavy (non-hydrogen) atoms. The van der Waals surface area contributed by atoms with E-state index >= 15 is 0 Å². The van der Waals surface area contributed by atoms with Gasteiger partial charge in [-0.05, 0) is 44.0 Å². The Kier molecular flexibility index (Phi) is 3.93. The smallest absolute Gasteiger partial charge is 0.137 e. The number of ether oxygens (including phenoxy) is 1. The third kappa shape index (κ3) is 2.87. The van der Waals surface area contributed by atoms with Crippen molar-refractivity contribution in [1.29, 1.82) is 0 Å². The summed E-state index contributed by atoms with van der Waals surface area (Å²) in [7, 11) is 5.15. The molecule has 0 fully saturated rings. The zero-order valence-electron chi connectivity index (χ0n) is 14.7. The Morgan fingerprint density at radius 2 is 1.92 bits per heavy atom. The molecule has 128 valence electrons. The van der Waals surface area contributed by atoms with Crippen LogP contribution in [0, 0.1) is 6.92 Å². The van der Waals surface area contributed by atoms with Gasteiger partial charge in [0.2, 0.25) is 0 Å². The molecule has 0 saturated carbocycles. The number of hydrogen-bond donors (Lipinski definition) is 1.